The second kappa shape index (κ2) is 7.17. The SMILES string of the molecule is COc1ccc(OCc2ccncc2)c(C#CCO)c1. The summed E-state index contributed by atoms with van der Waals surface area (Å²) in [5.41, 5.74) is 1.71. The van der Waals surface area contributed by atoms with Gasteiger partial charge >= 0.3 is 0 Å². The molecule has 0 atom stereocenters. The molecule has 0 saturated heterocycles. The lowest BCUT2D eigenvalue weighted by Crippen LogP contribution is -1.98. The fourth-order valence-electron chi connectivity index (χ4n) is 1.63. The number of rotatable bonds is 4. The van der Waals surface area contributed by atoms with Crippen molar-refractivity contribution in [3.63, 3.8) is 0 Å². The lowest BCUT2D eigenvalue weighted by atomic mass is 10.2. The van der Waals surface area contributed by atoms with Crippen molar-refractivity contribution >= 4 is 0 Å². The van der Waals surface area contributed by atoms with Crippen LogP contribution in [0.2, 0.25) is 0 Å². The van der Waals surface area contributed by atoms with Crippen molar-refractivity contribution in [1.29, 1.82) is 0 Å². The van der Waals surface area contributed by atoms with Crippen LogP contribution in [0.4, 0.5) is 0 Å². The van der Waals surface area contributed by atoms with Crippen molar-refractivity contribution in [2.45, 2.75) is 6.61 Å². The molecule has 102 valence electrons. The second-order valence-corrected chi connectivity index (χ2v) is 3.97. The molecule has 0 unspecified atom stereocenters. The summed E-state index contributed by atoms with van der Waals surface area (Å²) < 4.78 is 10.9. The fourth-order valence-corrected chi connectivity index (χ4v) is 1.63. The van der Waals surface area contributed by atoms with Gasteiger partial charge < -0.3 is 14.6 Å². The molecule has 2 aromatic rings. The topological polar surface area (TPSA) is 51.6 Å². The Bertz CT molecular complexity index is 615. The van der Waals surface area contributed by atoms with E-state index in [4.69, 9.17) is 14.6 Å². The van der Waals surface area contributed by atoms with Crippen LogP contribution in [0.3, 0.4) is 0 Å². The first-order valence-corrected chi connectivity index (χ1v) is 6.13. The van der Waals surface area contributed by atoms with E-state index in [0.717, 1.165) is 5.56 Å². The molecular formula is C16H15NO3. The van der Waals surface area contributed by atoms with Gasteiger partial charge in [0.2, 0.25) is 0 Å². The van der Waals surface area contributed by atoms with Gasteiger partial charge in [0.05, 0.1) is 12.7 Å². The molecule has 0 spiro atoms. The van der Waals surface area contributed by atoms with Gasteiger partial charge in [-0.15, -0.1) is 0 Å². The number of benzene rings is 1. The van der Waals surface area contributed by atoms with Crippen LogP contribution in [-0.2, 0) is 6.61 Å². The number of ether oxygens (including phenoxy) is 2. The van der Waals surface area contributed by atoms with Crippen molar-refractivity contribution < 1.29 is 14.6 Å². The van der Waals surface area contributed by atoms with Crippen LogP contribution in [0.25, 0.3) is 0 Å². The Kier molecular flexibility index (Phi) is 4.99. The predicted octanol–water partition coefficient (Wildman–Crippen LogP) is 2.01. The zero-order valence-corrected chi connectivity index (χ0v) is 11.2. The third-order valence-electron chi connectivity index (χ3n) is 2.63. The van der Waals surface area contributed by atoms with Crippen LogP contribution in [-0.4, -0.2) is 23.8 Å². The largest absolute Gasteiger partial charge is 0.497 e. The molecule has 0 aliphatic heterocycles. The molecule has 0 fully saturated rings. The van der Waals surface area contributed by atoms with Gasteiger partial charge in [-0.05, 0) is 35.9 Å². The first-order valence-electron chi connectivity index (χ1n) is 6.13. The molecule has 2 rings (SSSR count). The summed E-state index contributed by atoms with van der Waals surface area (Å²) in [7, 11) is 1.59. The standard InChI is InChI=1S/C16H15NO3/c1-19-15-4-5-16(14(11-15)3-2-10-18)20-12-13-6-8-17-9-7-13/h4-9,11,18H,10,12H2,1H3. The zero-order valence-electron chi connectivity index (χ0n) is 11.2. The van der Waals surface area contributed by atoms with Crippen LogP contribution in [0, 0.1) is 11.8 Å². The van der Waals surface area contributed by atoms with Gasteiger partial charge in [0, 0.05) is 12.4 Å². The molecule has 0 saturated carbocycles. The van der Waals surface area contributed by atoms with Gasteiger partial charge in [-0.1, -0.05) is 11.8 Å². The van der Waals surface area contributed by atoms with Crippen molar-refractivity contribution in [1.82, 2.24) is 4.98 Å². The maximum absolute atomic E-state index is 8.80. The van der Waals surface area contributed by atoms with Gasteiger partial charge in [-0.3, -0.25) is 4.98 Å². The lowest BCUT2D eigenvalue weighted by Gasteiger charge is -2.09. The van der Waals surface area contributed by atoms with Crippen LogP contribution >= 0.6 is 0 Å². The number of aliphatic hydroxyl groups is 1. The van der Waals surface area contributed by atoms with Gasteiger partial charge in [0.25, 0.3) is 0 Å². The average molecular weight is 269 g/mol. The number of hydrogen-bond donors (Lipinski definition) is 1. The van der Waals surface area contributed by atoms with Gasteiger partial charge in [0.1, 0.15) is 24.7 Å². The molecule has 1 aromatic heterocycles. The molecule has 0 bridgehead atoms. The maximum Gasteiger partial charge on any atom is 0.135 e. The molecular weight excluding hydrogens is 254 g/mol. The number of aliphatic hydroxyl groups excluding tert-OH is 1. The van der Waals surface area contributed by atoms with Gasteiger partial charge in [-0.2, -0.15) is 0 Å². The molecule has 4 heteroatoms. The summed E-state index contributed by atoms with van der Waals surface area (Å²) in [5, 5.41) is 8.80. The Morgan fingerprint density at radius 3 is 2.70 bits per heavy atom. The van der Waals surface area contributed by atoms with Gasteiger partial charge in [-0.25, -0.2) is 0 Å². The number of aromatic nitrogens is 1. The molecule has 0 radical (unpaired) electrons. The lowest BCUT2D eigenvalue weighted by molar-refractivity contribution is 0.304. The normalized spacial score (nSPS) is 9.50. The van der Waals surface area contributed by atoms with E-state index in [1.54, 1.807) is 31.6 Å². The summed E-state index contributed by atoms with van der Waals surface area (Å²) >= 11 is 0. The first kappa shape index (κ1) is 13.9. The van der Waals surface area contributed by atoms with E-state index in [0.29, 0.717) is 23.7 Å². The minimum Gasteiger partial charge on any atom is -0.497 e. The van der Waals surface area contributed by atoms with Crippen molar-refractivity contribution in [3.05, 3.63) is 53.9 Å². The Morgan fingerprint density at radius 2 is 2.00 bits per heavy atom. The number of methoxy groups -OCH3 is 1. The molecule has 20 heavy (non-hydrogen) atoms. The van der Waals surface area contributed by atoms with E-state index in [1.165, 1.54) is 0 Å². The third-order valence-corrected chi connectivity index (χ3v) is 2.63. The number of nitrogens with zero attached hydrogens (tertiary/aromatic N) is 1. The Hall–Kier alpha value is -2.51. The quantitative estimate of drug-likeness (QED) is 0.863. The van der Waals surface area contributed by atoms with E-state index in [9.17, 15) is 0 Å². The number of pyridine rings is 1. The summed E-state index contributed by atoms with van der Waals surface area (Å²) in [4.78, 5) is 3.96. The smallest absolute Gasteiger partial charge is 0.135 e. The van der Waals surface area contributed by atoms with E-state index < -0.39 is 0 Å². The minimum atomic E-state index is -0.193. The van der Waals surface area contributed by atoms with E-state index in [-0.39, 0.29) is 6.61 Å². The fraction of sp³-hybridized carbons (Fsp3) is 0.188. The third kappa shape index (κ3) is 3.74. The monoisotopic (exact) mass is 269 g/mol. The Morgan fingerprint density at radius 1 is 1.20 bits per heavy atom. The van der Waals surface area contributed by atoms with E-state index >= 15 is 0 Å². The van der Waals surface area contributed by atoms with Crippen LogP contribution in [0.5, 0.6) is 11.5 Å². The first-order chi connectivity index (χ1) is 9.83. The van der Waals surface area contributed by atoms with Crippen LogP contribution in [0.15, 0.2) is 42.7 Å². The highest BCUT2D eigenvalue weighted by molar-refractivity contribution is 5.50. The highest BCUT2D eigenvalue weighted by Gasteiger charge is 2.04. The van der Waals surface area contributed by atoms with Crippen molar-refractivity contribution in [2.75, 3.05) is 13.7 Å². The summed E-state index contributed by atoms with van der Waals surface area (Å²) in [5.74, 6) is 6.82. The maximum atomic E-state index is 8.80. The molecule has 4 nitrogen and oxygen atoms in total. The van der Waals surface area contributed by atoms with Crippen LogP contribution < -0.4 is 9.47 Å². The Balaban J connectivity index is 2.17. The zero-order chi connectivity index (χ0) is 14.2. The highest BCUT2D eigenvalue weighted by Crippen LogP contribution is 2.24. The van der Waals surface area contributed by atoms with Crippen LogP contribution in [0.1, 0.15) is 11.1 Å². The summed E-state index contributed by atoms with van der Waals surface area (Å²) in [6.45, 7) is 0.240. The molecule has 1 heterocycles. The van der Waals surface area contributed by atoms with E-state index in [1.807, 2.05) is 18.2 Å². The second-order valence-electron chi connectivity index (χ2n) is 3.97. The molecule has 0 aliphatic rings. The number of hydrogen-bond acceptors (Lipinski definition) is 4. The average Bonchev–Trinajstić information content (AvgIpc) is 2.52. The van der Waals surface area contributed by atoms with E-state index in [2.05, 4.69) is 16.8 Å². The Labute approximate surface area is 118 Å². The summed E-state index contributed by atoms with van der Waals surface area (Å²) in [6, 6.07) is 9.18. The van der Waals surface area contributed by atoms with Crippen molar-refractivity contribution in [3.8, 4) is 23.3 Å². The predicted molar refractivity (Wildman–Crippen MR) is 75.5 cm³/mol. The summed E-state index contributed by atoms with van der Waals surface area (Å²) in [6.07, 6.45) is 3.44. The van der Waals surface area contributed by atoms with Gasteiger partial charge in [0.15, 0.2) is 0 Å². The highest BCUT2D eigenvalue weighted by atomic mass is 16.5. The van der Waals surface area contributed by atoms with Crippen molar-refractivity contribution in [2.24, 2.45) is 0 Å². The molecule has 1 N–H and O–H groups in total. The molecule has 0 aliphatic carbocycles. The molecule has 0 amide bonds. The molecule has 1 aromatic carbocycles. The minimum absolute atomic E-state index is 0.193.